The number of likely N-dealkylation sites (tertiary alicyclic amines) is 1. The van der Waals surface area contributed by atoms with Gasteiger partial charge in [-0.2, -0.15) is 0 Å². The molecule has 3 rings (SSSR count). The van der Waals surface area contributed by atoms with Gasteiger partial charge in [0.1, 0.15) is 11.1 Å². The maximum absolute atomic E-state index is 12.1. The van der Waals surface area contributed by atoms with Crippen molar-refractivity contribution in [2.75, 3.05) is 6.54 Å². The highest BCUT2D eigenvalue weighted by molar-refractivity contribution is 8.00. The highest BCUT2D eigenvalue weighted by Gasteiger charge is 2.40. The second-order valence-electron chi connectivity index (χ2n) is 4.99. The van der Waals surface area contributed by atoms with E-state index in [1.54, 1.807) is 0 Å². The zero-order valence-corrected chi connectivity index (χ0v) is 12.1. The molecule has 0 aromatic carbocycles. The maximum atomic E-state index is 12.1. The molecule has 7 nitrogen and oxygen atoms in total. The minimum atomic E-state index is -0.380. The fourth-order valence-corrected chi connectivity index (χ4v) is 3.60. The minimum absolute atomic E-state index is 0.105. The molecule has 1 aliphatic carbocycles. The van der Waals surface area contributed by atoms with E-state index in [0.717, 1.165) is 18.7 Å². The molecule has 2 fully saturated rings. The predicted molar refractivity (Wildman–Crippen MR) is 72.8 cm³/mol. The van der Waals surface area contributed by atoms with E-state index >= 15 is 0 Å². The van der Waals surface area contributed by atoms with Crippen LogP contribution in [0.4, 0.5) is 0 Å². The second kappa shape index (κ2) is 5.17. The largest absolute Gasteiger partial charge is 0.324 e. The average molecular weight is 295 g/mol. The maximum Gasteiger partial charge on any atom is 0.243 e. The van der Waals surface area contributed by atoms with Crippen molar-refractivity contribution in [3.05, 3.63) is 5.82 Å². The first-order valence-corrected chi connectivity index (χ1v) is 7.68. The van der Waals surface area contributed by atoms with E-state index in [2.05, 4.69) is 10.2 Å². The summed E-state index contributed by atoms with van der Waals surface area (Å²) in [5, 5.41) is 8.54. The Labute approximate surface area is 120 Å². The van der Waals surface area contributed by atoms with Crippen molar-refractivity contribution in [3.63, 3.8) is 0 Å². The van der Waals surface area contributed by atoms with E-state index < -0.39 is 0 Å². The molecule has 1 unspecified atom stereocenters. The number of nitrogens with two attached hydrogens (primary N) is 1. The summed E-state index contributed by atoms with van der Waals surface area (Å²) in [5.41, 5.74) is 5.67. The molecule has 1 aromatic rings. The lowest BCUT2D eigenvalue weighted by Gasteiger charge is -2.12. The van der Waals surface area contributed by atoms with E-state index in [1.165, 1.54) is 16.7 Å². The highest BCUT2D eigenvalue weighted by Crippen LogP contribution is 2.40. The monoisotopic (exact) mass is 295 g/mol. The molecule has 2 heterocycles. The molecule has 0 radical (unpaired) electrons. The van der Waals surface area contributed by atoms with E-state index in [-0.39, 0.29) is 23.5 Å². The third-order valence-corrected chi connectivity index (χ3v) is 4.74. The smallest absolute Gasteiger partial charge is 0.243 e. The van der Waals surface area contributed by atoms with E-state index in [1.807, 2.05) is 11.5 Å². The molecule has 20 heavy (non-hydrogen) atoms. The quantitative estimate of drug-likeness (QED) is 0.786. The number of hydrogen-bond acceptors (Lipinski definition) is 6. The molecular weight excluding hydrogens is 278 g/mol. The Bertz CT molecular complexity index is 554. The lowest BCUT2D eigenvalue weighted by molar-refractivity contribution is -0.137. The normalized spacial score (nSPS) is 22.9. The fraction of sp³-hybridized carbons (Fsp3) is 0.667. The molecule has 0 spiro atoms. The Balaban J connectivity index is 1.80. The van der Waals surface area contributed by atoms with Crippen molar-refractivity contribution >= 4 is 23.6 Å². The van der Waals surface area contributed by atoms with Gasteiger partial charge in [0.15, 0.2) is 5.16 Å². The molecule has 2 amide bonds. The van der Waals surface area contributed by atoms with Gasteiger partial charge >= 0.3 is 0 Å². The van der Waals surface area contributed by atoms with Crippen LogP contribution in [0.3, 0.4) is 0 Å². The molecule has 108 valence electrons. The summed E-state index contributed by atoms with van der Waals surface area (Å²) in [7, 11) is 0. The highest BCUT2D eigenvalue weighted by atomic mass is 32.2. The summed E-state index contributed by atoms with van der Waals surface area (Å²) in [6.45, 7) is 2.57. The van der Waals surface area contributed by atoms with E-state index in [4.69, 9.17) is 5.73 Å². The van der Waals surface area contributed by atoms with Crippen LogP contribution in [0.5, 0.6) is 0 Å². The van der Waals surface area contributed by atoms with Crippen molar-refractivity contribution < 1.29 is 9.59 Å². The van der Waals surface area contributed by atoms with Crippen LogP contribution in [0, 0.1) is 0 Å². The third kappa shape index (κ3) is 2.22. The van der Waals surface area contributed by atoms with Crippen LogP contribution in [-0.2, 0) is 16.1 Å². The van der Waals surface area contributed by atoms with Crippen molar-refractivity contribution in [3.8, 4) is 0 Å². The number of amides is 2. The first kappa shape index (κ1) is 13.6. The second-order valence-corrected chi connectivity index (χ2v) is 6.16. The molecule has 0 bridgehead atoms. The average Bonchev–Trinajstić information content (AvgIpc) is 3.13. The minimum Gasteiger partial charge on any atom is -0.324 e. The molecule has 1 saturated heterocycles. The number of hydrogen-bond donors (Lipinski definition) is 1. The molecule has 8 heteroatoms. The summed E-state index contributed by atoms with van der Waals surface area (Å²) < 4.78 is 2.02. The Morgan fingerprint density at radius 2 is 2.10 bits per heavy atom. The number of carbonyl (C=O) groups excluding carboxylic acids is 2. The van der Waals surface area contributed by atoms with Gasteiger partial charge in [-0.25, -0.2) is 0 Å². The van der Waals surface area contributed by atoms with Crippen LogP contribution in [0.15, 0.2) is 5.16 Å². The number of aromatic nitrogens is 3. The topological polar surface area (TPSA) is 94.1 Å². The van der Waals surface area contributed by atoms with Crippen LogP contribution >= 0.6 is 11.8 Å². The number of nitrogens with zero attached hydrogens (tertiary/aromatic N) is 4. The molecule has 1 saturated carbocycles. The van der Waals surface area contributed by atoms with Crippen molar-refractivity contribution in [2.24, 2.45) is 5.73 Å². The lowest BCUT2D eigenvalue weighted by atomic mass is 10.4. The van der Waals surface area contributed by atoms with Crippen LogP contribution in [0.25, 0.3) is 0 Å². The number of imide groups is 1. The number of rotatable bonds is 5. The Morgan fingerprint density at radius 1 is 1.35 bits per heavy atom. The van der Waals surface area contributed by atoms with Gasteiger partial charge in [-0.1, -0.05) is 11.8 Å². The van der Waals surface area contributed by atoms with Gasteiger partial charge in [0.2, 0.25) is 11.8 Å². The molecule has 2 aliphatic rings. The lowest BCUT2D eigenvalue weighted by Crippen LogP contribution is -2.30. The van der Waals surface area contributed by atoms with Crippen LogP contribution in [0.1, 0.15) is 38.1 Å². The molecular formula is C12H17N5O2S. The standard InChI is InChI=1S/C12H17N5O2S/c1-2-16-10(18)5-8(11(16)19)20-12-15-14-9(6-13)17(12)7-3-4-7/h7-8H,2-6,13H2,1H3. The van der Waals surface area contributed by atoms with E-state index in [0.29, 0.717) is 24.3 Å². The van der Waals surface area contributed by atoms with E-state index in [9.17, 15) is 9.59 Å². The zero-order chi connectivity index (χ0) is 14.3. The number of carbonyl (C=O) groups is 2. The Hall–Kier alpha value is -1.41. The summed E-state index contributed by atoms with van der Waals surface area (Å²) in [6, 6.07) is 0.403. The molecule has 1 aromatic heterocycles. The summed E-state index contributed by atoms with van der Waals surface area (Å²) in [4.78, 5) is 25.2. The summed E-state index contributed by atoms with van der Waals surface area (Å²) in [6.07, 6.45) is 2.43. The van der Waals surface area contributed by atoms with Gasteiger partial charge in [-0.05, 0) is 19.8 Å². The molecule has 2 N–H and O–H groups in total. The van der Waals surface area contributed by atoms with Crippen LogP contribution < -0.4 is 5.73 Å². The van der Waals surface area contributed by atoms with Gasteiger partial charge in [0.25, 0.3) is 0 Å². The zero-order valence-electron chi connectivity index (χ0n) is 11.3. The first-order valence-electron chi connectivity index (χ1n) is 6.80. The van der Waals surface area contributed by atoms with Crippen LogP contribution in [0.2, 0.25) is 0 Å². The SMILES string of the molecule is CCN1C(=O)CC(Sc2nnc(CN)n2C2CC2)C1=O. The summed E-state index contributed by atoms with van der Waals surface area (Å²) in [5.74, 6) is 0.521. The molecule has 1 aliphatic heterocycles. The van der Waals surface area contributed by atoms with Crippen molar-refractivity contribution in [1.82, 2.24) is 19.7 Å². The first-order chi connectivity index (χ1) is 9.65. The summed E-state index contributed by atoms with van der Waals surface area (Å²) >= 11 is 1.34. The van der Waals surface area contributed by atoms with Crippen molar-refractivity contribution in [2.45, 2.75) is 49.2 Å². The molecule has 1 atom stereocenters. The van der Waals surface area contributed by atoms with Gasteiger partial charge in [0.05, 0.1) is 6.54 Å². The van der Waals surface area contributed by atoms with Crippen LogP contribution in [-0.4, -0.2) is 43.3 Å². The van der Waals surface area contributed by atoms with Gasteiger partial charge in [-0.3, -0.25) is 14.5 Å². The number of thioether (sulfide) groups is 1. The van der Waals surface area contributed by atoms with Crippen molar-refractivity contribution in [1.29, 1.82) is 0 Å². The van der Waals surface area contributed by atoms with Gasteiger partial charge in [-0.15, -0.1) is 10.2 Å². The van der Waals surface area contributed by atoms with Gasteiger partial charge < -0.3 is 10.3 Å². The predicted octanol–water partition coefficient (Wildman–Crippen LogP) is 0.311. The fourth-order valence-electron chi connectivity index (χ4n) is 2.43. The van der Waals surface area contributed by atoms with Gasteiger partial charge in [0, 0.05) is 19.0 Å². The third-order valence-electron chi connectivity index (χ3n) is 3.60. The Morgan fingerprint density at radius 3 is 2.65 bits per heavy atom. The Kier molecular flexibility index (Phi) is 3.51.